The fourth-order valence-corrected chi connectivity index (χ4v) is 4.61. The lowest BCUT2D eigenvalue weighted by Crippen LogP contribution is -2.83. The topological polar surface area (TPSA) is 116 Å². The number of amides is 1. The SMILES string of the molecule is CC(=O)[C@@H]1C(=O)N([C@@H](C(=O)OC(C)(C)C)C(C)C)C1(C(=O)OCc1ccccc1)C(=O)OCc1ccccc1. The summed E-state index contributed by atoms with van der Waals surface area (Å²) in [7, 11) is 0. The Hall–Kier alpha value is -4.01. The van der Waals surface area contributed by atoms with Crippen molar-refractivity contribution < 1.29 is 38.2 Å². The maximum absolute atomic E-state index is 13.9. The maximum Gasteiger partial charge on any atom is 0.345 e. The molecule has 1 heterocycles. The Kier molecular flexibility index (Phi) is 8.94. The van der Waals surface area contributed by atoms with Crippen LogP contribution in [0.2, 0.25) is 0 Å². The van der Waals surface area contributed by atoms with Crippen molar-refractivity contribution in [1.82, 2.24) is 4.90 Å². The first kappa shape index (κ1) is 29.5. The van der Waals surface area contributed by atoms with E-state index in [1.54, 1.807) is 95.3 Å². The second kappa shape index (κ2) is 11.8. The summed E-state index contributed by atoms with van der Waals surface area (Å²) < 4.78 is 16.6. The Labute approximate surface area is 228 Å². The van der Waals surface area contributed by atoms with E-state index in [2.05, 4.69) is 0 Å². The van der Waals surface area contributed by atoms with Crippen molar-refractivity contribution in [2.24, 2.45) is 11.8 Å². The summed E-state index contributed by atoms with van der Waals surface area (Å²) in [6.45, 7) is 8.95. The van der Waals surface area contributed by atoms with Gasteiger partial charge in [-0.2, -0.15) is 0 Å². The largest absolute Gasteiger partial charge is 0.459 e. The third-order valence-corrected chi connectivity index (χ3v) is 6.29. The summed E-state index contributed by atoms with van der Waals surface area (Å²) in [5, 5.41) is 0. The van der Waals surface area contributed by atoms with Crippen LogP contribution < -0.4 is 0 Å². The van der Waals surface area contributed by atoms with Crippen molar-refractivity contribution in [3.05, 3.63) is 71.8 Å². The second-order valence-electron chi connectivity index (χ2n) is 10.9. The molecule has 0 spiro atoms. The monoisotopic (exact) mass is 537 g/mol. The van der Waals surface area contributed by atoms with Gasteiger partial charge in [0.15, 0.2) is 0 Å². The highest BCUT2D eigenvalue weighted by molar-refractivity contribution is 6.25. The van der Waals surface area contributed by atoms with Crippen LogP contribution in [0.5, 0.6) is 0 Å². The molecule has 0 bridgehead atoms. The van der Waals surface area contributed by atoms with Gasteiger partial charge in [-0.05, 0) is 44.7 Å². The van der Waals surface area contributed by atoms with Crippen LogP contribution in [-0.2, 0) is 51.4 Å². The van der Waals surface area contributed by atoms with Crippen molar-refractivity contribution in [2.75, 3.05) is 0 Å². The number of esters is 3. The van der Waals surface area contributed by atoms with Gasteiger partial charge >= 0.3 is 17.9 Å². The zero-order valence-electron chi connectivity index (χ0n) is 23.1. The molecule has 0 aromatic heterocycles. The lowest BCUT2D eigenvalue weighted by Gasteiger charge is -2.55. The molecular weight excluding hydrogens is 502 g/mol. The molecule has 208 valence electrons. The van der Waals surface area contributed by atoms with Crippen LogP contribution in [0, 0.1) is 11.8 Å². The number of nitrogens with zero attached hydrogens (tertiary/aromatic N) is 1. The highest BCUT2D eigenvalue weighted by Crippen LogP contribution is 2.45. The average molecular weight is 538 g/mol. The molecule has 0 radical (unpaired) electrons. The van der Waals surface area contributed by atoms with Gasteiger partial charge in [0.25, 0.3) is 5.54 Å². The van der Waals surface area contributed by atoms with E-state index in [0.717, 1.165) is 11.8 Å². The quantitative estimate of drug-likeness (QED) is 0.195. The molecule has 1 aliphatic heterocycles. The molecule has 0 unspecified atom stereocenters. The van der Waals surface area contributed by atoms with E-state index in [1.165, 1.54) is 0 Å². The van der Waals surface area contributed by atoms with Crippen molar-refractivity contribution in [2.45, 2.75) is 71.9 Å². The molecule has 2 atom stereocenters. The number of ketones is 1. The lowest BCUT2D eigenvalue weighted by atomic mass is 9.68. The number of ether oxygens (including phenoxy) is 3. The standard InChI is InChI=1S/C30H35NO8/c1-19(2)24(26(34)39-29(4,5)6)31-25(33)23(20(3)32)30(31,27(35)37-17-21-13-9-7-10-14-21)28(36)38-18-22-15-11-8-12-16-22/h7-16,19,23-24H,17-18H2,1-6H3/t23-,24-/m1/s1. The zero-order valence-corrected chi connectivity index (χ0v) is 23.1. The fraction of sp³-hybridized carbons (Fsp3) is 0.433. The molecule has 9 heteroatoms. The van der Waals surface area contributed by atoms with E-state index < -0.39 is 58.6 Å². The smallest absolute Gasteiger partial charge is 0.345 e. The molecule has 1 saturated heterocycles. The number of hydrogen-bond acceptors (Lipinski definition) is 8. The molecule has 0 aliphatic carbocycles. The van der Waals surface area contributed by atoms with Gasteiger partial charge < -0.3 is 19.1 Å². The van der Waals surface area contributed by atoms with Gasteiger partial charge in [0.1, 0.15) is 36.6 Å². The normalized spacial score (nSPS) is 17.2. The molecular formula is C30H35NO8. The number of carbonyl (C=O) groups excluding carboxylic acids is 5. The van der Waals surface area contributed by atoms with E-state index in [0.29, 0.717) is 11.1 Å². The molecule has 1 amide bonds. The Bertz CT molecular complexity index is 1160. The summed E-state index contributed by atoms with van der Waals surface area (Å²) in [4.78, 5) is 68.1. The molecule has 9 nitrogen and oxygen atoms in total. The summed E-state index contributed by atoms with van der Waals surface area (Å²) in [5.41, 5.74) is -2.16. The van der Waals surface area contributed by atoms with Gasteiger partial charge in [-0.15, -0.1) is 0 Å². The first-order chi connectivity index (χ1) is 18.3. The fourth-order valence-electron chi connectivity index (χ4n) is 4.61. The minimum absolute atomic E-state index is 0.223. The Morgan fingerprint density at radius 1 is 0.846 bits per heavy atom. The van der Waals surface area contributed by atoms with E-state index in [-0.39, 0.29) is 13.2 Å². The van der Waals surface area contributed by atoms with Crippen molar-refractivity contribution in [3.63, 3.8) is 0 Å². The lowest BCUT2D eigenvalue weighted by molar-refractivity contribution is -0.214. The predicted molar refractivity (Wildman–Crippen MR) is 141 cm³/mol. The van der Waals surface area contributed by atoms with Crippen LogP contribution >= 0.6 is 0 Å². The van der Waals surface area contributed by atoms with Crippen molar-refractivity contribution in [3.8, 4) is 0 Å². The summed E-state index contributed by atoms with van der Waals surface area (Å²) in [6.07, 6.45) is 0. The van der Waals surface area contributed by atoms with Gasteiger partial charge in [0, 0.05) is 0 Å². The Morgan fingerprint density at radius 2 is 1.28 bits per heavy atom. The van der Waals surface area contributed by atoms with E-state index in [1.807, 2.05) is 0 Å². The van der Waals surface area contributed by atoms with E-state index in [4.69, 9.17) is 14.2 Å². The van der Waals surface area contributed by atoms with Gasteiger partial charge in [-0.1, -0.05) is 74.5 Å². The van der Waals surface area contributed by atoms with Gasteiger partial charge in [0.2, 0.25) is 5.91 Å². The number of rotatable bonds is 10. The average Bonchev–Trinajstić information content (AvgIpc) is 2.86. The Morgan fingerprint density at radius 3 is 1.64 bits per heavy atom. The van der Waals surface area contributed by atoms with Gasteiger partial charge in [0.05, 0.1) is 0 Å². The van der Waals surface area contributed by atoms with Gasteiger partial charge in [-0.25, -0.2) is 14.4 Å². The Balaban J connectivity index is 2.08. The highest BCUT2D eigenvalue weighted by atomic mass is 16.6. The maximum atomic E-state index is 13.9. The number of carbonyl (C=O) groups is 5. The van der Waals surface area contributed by atoms with Crippen LogP contribution in [0.4, 0.5) is 0 Å². The summed E-state index contributed by atoms with van der Waals surface area (Å²) in [5.74, 6) is -7.00. The molecule has 1 aliphatic rings. The first-order valence-corrected chi connectivity index (χ1v) is 12.8. The summed E-state index contributed by atoms with van der Waals surface area (Å²) >= 11 is 0. The van der Waals surface area contributed by atoms with Crippen LogP contribution in [0.25, 0.3) is 0 Å². The molecule has 2 aromatic carbocycles. The third kappa shape index (κ3) is 6.19. The van der Waals surface area contributed by atoms with Crippen LogP contribution in [-0.4, -0.2) is 51.7 Å². The number of likely N-dealkylation sites (tertiary alicyclic amines) is 1. The molecule has 0 saturated carbocycles. The summed E-state index contributed by atoms with van der Waals surface area (Å²) in [6, 6.07) is 16.1. The van der Waals surface area contributed by atoms with Crippen LogP contribution in [0.3, 0.4) is 0 Å². The molecule has 0 N–H and O–H groups in total. The zero-order chi connectivity index (χ0) is 29.0. The second-order valence-corrected chi connectivity index (χ2v) is 10.9. The van der Waals surface area contributed by atoms with Crippen LogP contribution in [0.1, 0.15) is 52.7 Å². The number of benzene rings is 2. The minimum Gasteiger partial charge on any atom is -0.459 e. The number of hydrogen-bond donors (Lipinski definition) is 0. The van der Waals surface area contributed by atoms with Crippen molar-refractivity contribution >= 4 is 29.6 Å². The van der Waals surface area contributed by atoms with E-state index >= 15 is 0 Å². The molecule has 39 heavy (non-hydrogen) atoms. The molecule has 3 rings (SSSR count). The van der Waals surface area contributed by atoms with Crippen LogP contribution in [0.15, 0.2) is 60.7 Å². The third-order valence-electron chi connectivity index (χ3n) is 6.29. The minimum atomic E-state index is -2.50. The van der Waals surface area contributed by atoms with Gasteiger partial charge in [-0.3, -0.25) is 9.59 Å². The van der Waals surface area contributed by atoms with Crippen molar-refractivity contribution in [1.29, 1.82) is 0 Å². The molecule has 1 fully saturated rings. The highest BCUT2D eigenvalue weighted by Gasteiger charge is 2.76. The van der Waals surface area contributed by atoms with E-state index in [9.17, 15) is 24.0 Å². The predicted octanol–water partition coefficient (Wildman–Crippen LogP) is 3.63. The molecule has 2 aromatic rings. The number of β-lactam (4-membered cyclic amide) rings is 1. The first-order valence-electron chi connectivity index (χ1n) is 12.8. The number of Topliss-reactive ketones (excluding diaryl/α,β-unsaturated/α-hetero) is 1.